The highest BCUT2D eigenvalue weighted by molar-refractivity contribution is 6.34. The van der Waals surface area contributed by atoms with E-state index in [0.29, 0.717) is 37.5 Å². The fourth-order valence-electron chi connectivity index (χ4n) is 4.39. The van der Waals surface area contributed by atoms with Gasteiger partial charge < -0.3 is 15.2 Å². The van der Waals surface area contributed by atoms with Crippen molar-refractivity contribution in [2.75, 3.05) is 38.7 Å². The number of carbonyl (C=O) groups excluding carboxylic acids is 1. The number of ether oxygens (including phenoxy) is 1. The van der Waals surface area contributed by atoms with Gasteiger partial charge in [0.1, 0.15) is 5.02 Å². The maximum atomic E-state index is 14.0. The molecule has 196 valence electrons. The highest BCUT2D eigenvalue weighted by Crippen LogP contribution is 2.31. The van der Waals surface area contributed by atoms with E-state index in [1.165, 1.54) is 10.7 Å². The minimum atomic E-state index is -1.12. The molecule has 12 heteroatoms. The lowest BCUT2D eigenvalue weighted by molar-refractivity contribution is -0.136. The van der Waals surface area contributed by atoms with Gasteiger partial charge in [0.05, 0.1) is 30.5 Å². The van der Waals surface area contributed by atoms with Crippen LogP contribution < -0.4 is 10.6 Å². The van der Waals surface area contributed by atoms with Gasteiger partial charge in [-0.05, 0) is 29.8 Å². The van der Waals surface area contributed by atoms with Crippen molar-refractivity contribution in [3.05, 3.63) is 76.4 Å². The summed E-state index contributed by atoms with van der Waals surface area (Å²) >= 11 is 6.43. The molecule has 3 N–H and O–H groups in total. The monoisotopic (exact) mass is 533 g/mol. The van der Waals surface area contributed by atoms with Gasteiger partial charge in [0, 0.05) is 32.7 Å². The number of urea groups is 1. The number of amides is 2. The Bertz CT molecular complexity index is 1270. The van der Waals surface area contributed by atoms with Crippen LogP contribution in [0.2, 0.25) is 5.02 Å². The van der Waals surface area contributed by atoms with Crippen LogP contribution in [0.1, 0.15) is 17.2 Å². The van der Waals surface area contributed by atoms with Crippen LogP contribution in [-0.2, 0) is 16.0 Å². The Morgan fingerprint density at radius 1 is 1.16 bits per heavy atom. The first-order chi connectivity index (χ1) is 17.8. The molecule has 0 saturated carbocycles. The van der Waals surface area contributed by atoms with Crippen LogP contribution >= 0.6 is 11.6 Å². The Hall–Kier alpha value is -3.54. The summed E-state index contributed by atoms with van der Waals surface area (Å²) in [6, 6.07) is 11.5. The smallest absolute Gasteiger partial charge is 0.320 e. The Labute approximate surface area is 217 Å². The molecule has 37 heavy (non-hydrogen) atoms. The maximum absolute atomic E-state index is 14.0. The number of halogens is 3. The molecule has 2 heterocycles. The minimum absolute atomic E-state index is 0.00621. The Morgan fingerprint density at radius 2 is 1.92 bits per heavy atom. The van der Waals surface area contributed by atoms with Gasteiger partial charge in [0.15, 0.2) is 17.5 Å². The number of methoxy groups -OCH3 is 1. The van der Waals surface area contributed by atoms with E-state index < -0.39 is 36.1 Å². The third-order valence-electron chi connectivity index (χ3n) is 6.14. The minimum Gasteiger partial charge on any atom is -0.481 e. The van der Waals surface area contributed by atoms with Crippen molar-refractivity contribution in [1.29, 1.82) is 0 Å². The summed E-state index contributed by atoms with van der Waals surface area (Å²) in [6.07, 6.45) is -0.426. The normalized spacial score (nSPS) is 17.6. The molecule has 2 amide bonds. The number of nitrogens with one attached hydrogen (secondary N) is 2. The third-order valence-corrected chi connectivity index (χ3v) is 6.54. The van der Waals surface area contributed by atoms with Gasteiger partial charge in [0.25, 0.3) is 0 Å². The van der Waals surface area contributed by atoms with Crippen LogP contribution in [0.3, 0.4) is 0 Å². The molecule has 2 atom stereocenters. The number of para-hydroxylation sites is 1. The van der Waals surface area contributed by atoms with Crippen molar-refractivity contribution >= 4 is 29.4 Å². The zero-order valence-electron chi connectivity index (χ0n) is 20.0. The van der Waals surface area contributed by atoms with Crippen LogP contribution in [0.4, 0.5) is 19.4 Å². The average Bonchev–Trinajstić information content (AvgIpc) is 3.40. The van der Waals surface area contributed by atoms with Crippen molar-refractivity contribution in [2.45, 2.75) is 18.4 Å². The lowest BCUT2D eigenvalue weighted by atomic mass is 9.94. The predicted octanol–water partition coefficient (Wildman–Crippen LogP) is 3.67. The number of hydrogen-bond acceptors (Lipinski definition) is 5. The van der Waals surface area contributed by atoms with Crippen LogP contribution in [0.25, 0.3) is 5.69 Å². The number of carboxylic acid groups (broad SMARTS) is 1. The standard InChI is InChI=1S/C25H26ClF2N5O4/c1-37-10-9-32-13-17(15-7-8-18(27)19(28)11-15)21(14-32)29-25(36)30-24-23(26)20(12-22(34)35)31-33(24)16-5-3-2-4-6-16/h2-8,11,17,21H,9-10,12-14H2,1H3,(H,34,35)(H2,29,30,36)/t17-,21+/m0/s1. The highest BCUT2D eigenvalue weighted by Gasteiger charge is 2.35. The molecular formula is C25H26ClF2N5O4. The zero-order valence-corrected chi connectivity index (χ0v) is 20.7. The second-order valence-electron chi connectivity index (χ2n) is 8.66. The van der Waals surface area contributed by atoms with Crippen molar-refractivity contribution in [3.63, 3.8) is 0 Å². The second kappa shape index (κ2) is 11.7. The van der Waals surface area contributed by atoms with Gasteiger partial charge in [-0.2, -0.15) is 5.10 Å². The first-order valence-corrected chi connectivity index (χ1v) is 11.9. The van der Waals surface area contributed by atoms with Crippen LogP contribution in [0, 0.1) is 11.6 Å². The Kier molecular flexibility index (Phi) is 8.37. The summed E-state index contributed by atoms with van der Waals surface area (Å²) in [4.78, 5) is 26.5. The summed E-state index contributed by atoms with van der Waals surface area (Å²) in [6.45, 7) is 2.03. The lowest BCUT2D eigenvalue weighted by Gasteiger charge is -2.21. The molecular weight excluding hydrogens is 508 g/mol. The van der Waals surface area contributed by atoms with Gasteiger partial charge in [0.2, 0.25) is 0 Å². The van der Waals surface area contributed by atoms with E-state index in [-0.39, 0.29) is 22.5 Å². The molecule has 4 rings (SSSR count). The van der Waals surface area contributed by atoms with Gasteiger partial charge in [-0.3, -0.25) is 15.0 Å². The van der Waals surface area contributed by atoms with Gasteiger partial charge in [-0.1, -0.05) is 35.9 Å². The molecule has 2 aromatic carbocycles. The molecule has 1 fully saturated rings. The second-order valence-corrected chi connectivity index (χ2v) is 9.04. The van der Waals surface area contributed by atoms with Gasteiger partial charge in [-0.15, -0.1) is 0 Å². The molecule has 0 bridgehead atoms. The lowest BCUT2D eigenvalue weighted by Crippen LogP contribution is -2.42. The van der Waals surface area contributed by atoms with Crippen molar-refractivity contribution < 1.29 is 28.2 Å². The van der Waals surface area contributed by atoms with E-state index in [4.69, 9.17) is 16.3 Å². The maximum Gasteiger partial charge on any atom is 0.320 e. The highest BCUT2D eigenvalue weighted by atomic mass is 35.5. The molecule has 0 radical (unpaired) electrons. The molecule has 1 aromatic heterocycles. The molecule has 0 unspecified atom stereocenters. The van der Waals surface area contributed by atoms with Crippen LogP contribution in [-0.4, -0.2) is 71.2 Å². The SMILES string of the molecule is COCCN1C[C@@H](NC(=O)Nc2c(Cl)c(CC(=O)O)nn2-c2ccccc2)[C@H](c2ccc(F)c(F)c2)C1. The van der Waals surface area contributed by atoms with Crippen molar-refractivity contribution in [1.82, 2.24) is 20.0 Å². The Morgan fingerprint density at radius 3 is 2.59 bits per heavy atom. The molecule has 1 aliphatic rings. The van der Waals surface area contributed by atoms with Crippen molar-refractivity contribution in [2.24, 2.45) is 0 Å². The summed E-state index contributed by atoms with van der Waals surface area (Å²) in [5.41, 5.74) is 1.22. The number of hydrogen-bond donors (Lipinski definition) is 3. The van der Waals surface area contributed by atoms with E-state index in [1.54, 1.807) is 37.4 Å². The first-order valence-electron chi connectivity index (χ1n) is 11.5. The summed E-state index contributed by atoms with van der Waals surface area (Å²) in [5.74, 6) is -3.22. The topological polar surface area (TPSA) is 109 Å². The van der Waals surface area contributed by atoms with E-state index in [9.17, 15) is 23.5 Å². The van der Waals surface area contributed by atoms with E-state index in [2.05, 4.69) is 20.6 Å². The molecule has 0 spiro atoms. The summed E-state index contributed by atoms with van der Waals surface area (Å²) in [7, 11) is 1.59. The largest absolute Gasteiger partial charge is 0.481 e. The number of aliphatic carboxylic acids is 1. The number of aromatic nitrogens is 2. The van der Waals surface area contributed by atoms with E-state index in [0.717, 1.165) is 12.1 Å². The van der Waals surface area contributed by atoms with Crippen LogP contribution in [0.15, 0.2) is 48.5 Å². The number of anilines is 1. The first kappa shape index (κ1) is 26.5. The zero-order chi connectivity index (χ0) is 26.5. The number of likely N-dealkylation sites (tertiary alicyclic amines) is 1. The summed E-state index contributed by atoms with van der Waals surface area (Å²) < 4.78 is 34.0. The fraction of sp³-hybridized carbons (Fsp3) is 0.320. The van der Waals surface area contributed by atoms with Crippen LogP contribution in [0.5, 0.6) is 0 Å². The molecule has 1 saturated heterocycles. The average molecular weight is 534 g/mol. The number of carboxylic acids is 1. The summed E-state index contributed by atoms with van der Waals surface area (Å²) in [5, 5.41) is 19.1. The predicted molar refractivity (Wildman–Crippen MR) is 133 cm³/mol. The molecule has 1 aliphatic heterocycles. The number of benzene rings is 2. The fourth-order valence-corrected chi connectivity index (χ4v) is 4.62. The number of rotatable bonds is 9. The quantitative estimate of drug-likeness (QED) is 0.387. The third kappa shape index (κ3) is 6.24. The molecule has 9 nitrogen and oxygen atoms in total. The molecule has 0 aliphatic carbocycles. The van der Waals surface area contributed by atoms with E-state index in [1.807, 2.05) is 0 Å². The Balaban J connectivity index is 1.58. The number of nitrogens with zero attached hydrogens (tertiary/aromatic N) is 3. The molecule has 3 aromatic rings. The van der Waals surface area contributed by atoms with E-state index >= 15 is 0 Å². The number of carbonyl (C=O) groups is 2. The van der Waals surface area contributed by atoms with Crippen molar-refractivity contribution in [3.8, 4) is 5.69 Å². The van der Waals surface area contributed by atoms with Gasteiger partial charge in [-0.25, -0.2) is 18.3 Å². The van der Waals surface area contributed by atoms with Gasteiger partial charge >= 0.3 is 12.0 Å².